The SMILES string of the molecule is C[C@@H]1CCCN(Cc2cc(C(=O)Nc3cccc(C4(c5nncn5C)CC(CC#N)C4)c3)c3nccn3c2)C1. The van der Waals surface area contributed by atoms with Crippen LogP contribution in [0.4, 0.5) is 5.69 Å². The van der Waals surface area contributed by atoms with Crippen molar-refractivity contribution < 1.29 is 4.79 Å². The van der Waals surface area contributed by atoms with Gasteiger partial charge < -0.3 is 14.3 Å². The van der Waals surface area contributed by atoms with Crippen molar-refractivity contribution >= 4 is 17.2 Å². The number of amides is 1. The Morgan fingerprint density at radius 3 is 2.92 bits per heavy atom. The summed E-state index contributed by atoms with van der Waals surface area (Å²) in [5, 5.41) is 20.9. The van der Waals surface area contributed by atoms with Crippen LogP contribution in [0.2, 0.25) is 0 Å². The number of piperidine rings is 1. The van der Waals surface area contributed by atoms with E-state index in [2.05, 4.69) is 50.7 Å². The van der Waals surface area contributed by atoms with Crippen LogP contribution >= 0.6 is 0 Å². The predicted molar refractivity (Wildman–Crippen MR) is 148 cm³/mol. The van der Waals surface area contributed by atoms with E-state index in [4.69, 9.17) is 0 Å². The average Bonchev–Trinajstić information content (AvgIpc) is 3.55. The molecule has 6 rings (SSSR count). The monoisotopic (exact) mass is 522 g/mol. The van der Waals surface area contributed by atoms with Gasteiger partial charge in [0.05, 0.1) is 17.0 Å². The van der Waals surface area contributed by atoms with E-state index < -0.39 is 0 Å². The van der Waals surface area contributed by atoms with Crippen molar-refractivity contribution in [2.24, 2.45) is 18.9 Å². The quantitative estimate of drug-likeness (QED) is 0.382. The summed E-state index contributed by atoms with van der Waals surface area (Å²) < 4.78 is 3.90. The van der Waals surface area contributed by atoms with Gasteiger partial charge in [0.2, 0.25) is 0 Å². The second-order valence-electron chi connectivity index (χ2n) is 11.4. The minimum Gasteiger partial charge on any atom is -0.322 e. The van der Waals surface area contributed by atoms with Gasteiger partial charge in [-0.2, -0.15) is 5.26 Å². The van der Waals surface area contributed by atoms with Gasteiger partial charge in [0.15, 0.2) is 0 Å². The van der Waals surface area contributed by atoms with Gasteiger partial charge in [-0.1, -0.05) is 19.1 Å². The zero-order valence-corrected chi connectivity index (χ0v) is 22.5. The Bertz CT molecular complexity index is 1540. The normalized spacial score (nSPS) is 23.3. The number of imidazole rings is 1. The van der Waals surface area contributed by atoms with Crippen LogP contribution in [-0.2, 0) is 19.0 Å². The maximum atomic E-state index is 13.6. The van der Waals surface area contributed by atoms with Gasteiger partial charge in [0, 0.05) is 50.8 Å². The summed E-state index contributed by atoms with van der Waals surface area (Å²) in [6.45, 7) is 5.29. The topological polar surface area (TPSA) is 104 Å². The lowest BCUT2D eigenvalue weighted by molar-refractivity contribution is 0.102. The summed E-state index contributed by atoms with van der Waals surface area (Å²) in [7, 11) is 1.95. The molecule has 2 fully saturated rings. The highest BCUT2D eigenvalue weighted by Gasteiger charge is 2.49. The summed E-state index contributed by atoms with van der Waals surface area (Å²) in [4.78, 5) is 20.6. The zero-order valence-electron chi connectivity index (χ0n) is 22.5. The number of aromatic nitrogens is 5. The first-order valence-electron chi connectivity index (χ1n) is 13.8. The highest BCUT2D eigenvalue weighted by atomic mass is 16.1. The van der Waals surface area contributed by atoms with E-state index in [9.17, 15) is 10.1 Å². The summed E-state index contributed by atoms with van der Waals surface area (Å²) in [5.74, 6) is 1.73. The first-order valence-corrected chi connectivity index (χ1v) is 13.8. The molecule has 9 nitrogen and oxygen atoms in total. The van der Waals surface area contributed by atoms with Crippen LogP contribution in [0, 0.1) is 23.2 Å². The molecule has 1 N–H and O–H groups in total. The molecule has 0 bridgehead atoms. The average molecular weight is 523 g/mol. The van der Waals surface area contributed by atoms with Crippen LogP contribution in [0.15, 0.2) is 55.2 Å². The van der Waals surface area contributed by atoms with Gasteiger partial charge >= 0.3 is 0 Å². The highest BCUT2D eigenvalue weighted by molar-refractivity contribution is 6.08. The number of nitriles is 1. The molecule has 1 amide bonds. The fourth-order valence-electron chi connectivity index (χ4n) is 6.59. The van der Waals surface area contributed by atoms with Crippen LogP contribution in [0.5, 0.6) is 0 Å². The van der Waals surface area contributed by atoms with E-state index in [0.29, 0.717) is 29.5 Å². The van der Waals surface area contributed by atoms with Crippen LogP contribution in [-0.4, -0.2) is 48.0 Å². The Hall–Kier alpha value is -4.03. The number of pyridine rings is 1. The van der Waals surface area contributed by atoms with E-state index in [1.54, 1.807) is 12.5 Å². The highest BCUT2D eigenvalue weighted by Crippen LogP contribution is 2.53. The molecule has 1 saturated carbocycles. The van der Waals surface area contributed by atoms with Crippen LogP contribution in [0.1, 0.15) is 66.3 Å². The predicted octanol–water partition coefficient (Wildman–Crippen LogP) is 4.56. The number of hydrogen-bond acceptors (Lipinski definition) is 6. The maximum Gasteiger partial charge on any atom is 0.259 e. The molecule has 39 heavy (non-hydrogen) atoms. The Kier molecular flexibility index (Phi) is 6.65. The van der Waals surface area contributed by atoms with Crippen molar-refractivity contribution in [1.82, 2.24) is 29.0 Å². The zero-order chi connectivity index (χ0) is 27.0. The number of carbonyl (C=O) groups is 1. The number of nitrogens with one attached hydrogen (secondary N) is 1. The second kappa shape index (κ2) is 10.3. The fraction of sp³-hybridized carbons (Fsp3) is 0.433. The molecular formula is C30H34N8O. The van der Waals surface area contributed by atoms with Crippen LogP contribution in [0.25, 0.3) is 5.65 Å². The minimum absolute atomic E-state index is 0.180. The fourth-order valence-corrected chi connectivity index (χ4v) is 6.59. The number of nitrogens with zero attached hydrogens (tertiary/aromatic N) is 7. The third-order valence-corrected chi connectivity index (χ3v) is 8.40. The summed E-state index contributed by atoms with van der Waals surface area (Å²) in [6.07, 6.45) is 12.1. The number of fused-ring (bicyclic) bond motifs is 1. The maximum absolute atomic E-state index is 13.6. The van der Waals surface area contributed by atoms with Gasteiger partial charge in [-0.15, -0.1) is 10.2 Å². The van der Waals surface area contributed by atoms with Crippen molar-refractivity contribution in [3.63, 3.8) is 0 Å². The summed E-state index contributed by atoms with van der Waals surface area (Å²) in [6, 6.07) is 12.3. The first kappa shape index (κ1) is 25.3. The van der Waals surface area contributed by atoms with E-state index in [1.165, 1.54) is 12.8 Å². The van der Waals surface area contributed by atoms with Gasteiger partial charge in [-0.3, -0.25) is 9.69 Å². The lowest BCUT2D eigenvalue weighted by Gasteiger charge is -2.46. The van der Waals surface area contributed by atoms with Crippen molar-refractivity contribution in [3.05, 3.63) is 77.8 Å². The van der Waals surface area contributed by atoms with Crippen molar-refractivity contribution in [3.8, 4) is 6.07 Å². The Balaban J connectivity index is 1.27. The van der Waals surface area contributed by atoms with Crippen molar-refractivity contribution in [2.45, 2.75) is 51.0 Å². The number of benzene rings is 1. The lowest BCUT2D eigenvalue weighted by atomic mass is 9.57. The molecule has 4 heterocycles. The molecule has 1 aliphatic carbocycles. The third-order valence-electron chi connectivity index (χ3n) is 8.40. The van der Waals surface area contributed by atoms with Crippen LogP contribution < -0.4 is 5.32 Å². The third kappa shape index (κ3) is 4.81. The van der Waals surface area contributed by atoms with Crippen LogP contribution in [0.3, 0.4) is 0 Å². The molecule has 1 aliphatic heterocycles. The first-order chi connectivity index (χ1) is 18.9. The van der Waals surface area contributed by atoms with Crippen molar-refractivity contribution in [1.29, 1.82) is 5.26 Å². The second-order valence-corrected chi connectivity index (χ2v) is 11.4. The summed E-state index contributed by atoms with van der Waals surface area (Å²) in [5.41, 5.74) is 3.79. The molecule has 200 valence electrons. The largest absolute Gasteiger partial charge is 0.322 e. The smallest absolute Gasteiger partial charge is 0.259 e. The van der Waals surface area contributed by atoms with E-state index >= 15 is 0 Å². The number of aryl methyl sites for hydroxylation is 1. The number of likely N-dealkylation sites (tertiary alicyclic amines) is 1. The molecule has 0 unspecified atom stereocenters. The molecule has 3 aromatic heterocycles. The summed E-state index contributed by atoms with van der Waals surface area (Å²) >= 11 is 0. The lowest BCUT2D eigenvalue weighted by Crippen LogP contribution is -2.44. The molecule has 9 heteroatoms. The van der Waals surface area contributed by atoms with Gasteiger partial charge in [-0.25, -0.2) is 4.98 Å². The molecule has 1 aromatic carbocycles. The molecule has 1 saturated heterocycles. The molecule has 0 spiro atoms. The Morgan fingerprint density at radius 1 is 1.28 bits per heavy atom. The van der Waals surface area contributed by atoms with E-state index in [1.807, 2.05) is 46.5 Å². The number of rotatable bonds is 7. The van der Waals surface area contributed by atoms with Crippen molar-refractivity contribution in [2.75, 3.05) is 18.4 Å². The number of hydrogen-bond donors (Lipinski definition) is 1. The molecule has 2 aliphatic rings. The molecule has 1 atom stereocenters. The number of carbonyl (C=O) groups excluding carboxylic acids is 1. The van der Waals surface area contributed by atoms with Gasteiger partial charge in [-0.05, 0) is 73.4 Å². The molecular weight excluding hydrogens is 488 g/mol. The Labute approximate surface area is 228 Å². The number of anilines is 1. The van der Waals surface area contributed by atoms with E-state index in [0.717, 1.165) is 55.1 Å². The Morgan fingerprint density at radius 2 is 2.15 bits per heavy atom. The standard InChI is InChI=1S/C30H34N8O/c1-21-5-4-11-37(17-21)18-23-13-26(27-32-10-12-38(27)19-23)28(39)34-25-7-3-6-24(14-25)30(15-22(16-30)8-9-31)29-35-33-20-36(29)2/h3,6-7,10,12-14,19-22H,4-5,8,11,15-18H2,1-2H3,(H,34,39)/t21-,22?,30?/m1/s1. The minimum atomic E-state index is -0.324. The van der Waals surface area contributed by atoms with E-state index in [-0.39, 0.29) is 11.3 Å². The molecule has 0 radical (unpaired) electrons. The van der Waals surface area contributed by atoms with Gasteiger partial charge in [0.25, 0.3) is 5.91 Å². The molecule has 4 aromatic rings. The van der Waals surface area contributed by atoms with Gasteiger partial charge in [0.1, 0.15) is 17.8 Å².